The summed E-state index contributed by atoms with van der Waals surface area (Å²) in [5.41, 5.74) is 7.46. The van der Waals surface area contributed by atoms with Crippen molar-refractivity contribution in [1.29, 1.82) is 0 Å². The van der Waals surface area contributed by atoms with Crippen molar-refractivity contribution in [2.24, 2.45) is 0 Å². The van der Waals surface area contributed by atoms with Crippen LogP contribution in [0.4, 0.5) is 5.69 Å². The number of thiophene rings is 1. The van der Waals surface area contributed by atoms with E-state index < -0.39 is 5.97 Å². The van der Waals surface area contributed by atoms with Gasteiger partial charge >= 0.3 is 5.97 Å². The van der Waals surface area contributed by atoms with E-state index in [2.05, 4.69) is 4.98 Å². The topological polar surface area (TPSA) is 94.8 Å². The van der Waals surface area contributed by atoms with E-state index >= 15 is 0 Å². The Labute approximate surface area is 137 Å². The monoisotopic (exact) mass is 335 g/mol. The highest BCUT2D eigenvalue weighted by Gasteiger charge is 2.24. The predicted molar refractivity (Wildman–Crippen MR) is 86.8 cm³/mol. The maximum atomic E-state index is 12.7. The molecular weight excluding hydrogens is 318 g/mol. The predicted octanol–water partition coefficient (Wildman–Crippen LogP) is 1.45. The number of pyridine rings is 1. The molecule has 0 aromatic carbocycles. The standard InChI is InChI=1S/C15H17N3O4S/c1-8-9(14(19)18-3-5-22-6-4-18)7-10-11(16)12(15(20)21-2)23-13(10)17-8/h7H,3-6,16H2,1-2H3. The van der Waals surface area contributed by atoms with Gasteiger partial charge in [-0.3, -0.25) is 4.79 Å². The van der Waals surface area contributed by atoms with Crippen LogP contribution in [0.25, 0.3) is 10.2 Å². The summed E-state index contributed by atoms with van der Waals surface area (Å²) in [7, 11) is 1.30. The number of aryl methyl sites for hydroxylation is 1. The first kappa shape index (κ1) is 15.7. The van der Waals surface area contributed by atoms with Crippen molar-refractivity contribution < 1.29 is 19.1 Å². The second kappa shape index (κ2) is 6.13. The quantitative estimate of drug-likeness (QED) is 0.835. The SMILES string of the molecule is COC(=O)c1sc2nc(C)c(C(=O)N3CCOCC3)cc2c1N. The molecule has 23 heavy (non-hydrogen) atoms. The highest BCUT2D eigenvalue weighted by molar-refractivity contribution is 7.21. The minimum Gasteiger partial charge on any atom is -0.465 e. The summed E-state index contributed by atoms with van der Waals surface area (Å²) in [6, 6.07) is 1.72. The van der Waals surface area contributed by atoms with Crippen LogP contribution < -0.4 is 5.73 Å². The Balaban J connectivity index is 2.04. The van der Waals surface area contributed by atoms with E-state index in [0.717, 1.165) is 0 Å². The number of fused-ring (bicyclic) bond motifs is 1. The van der Waals surface area contributed by atoms with Crippen LogP contribution in [0.2, 0.25) is 0 Å². The van der Waals surface area contributed by atoms with Crippen LogP contribution in [0.5, 0.6) is 0 Å². The molecule has 2 aromatic heterocycles. The third-order valence-electron chi connectivity index (χ3n) is 3.81. The number of carbonyl (C=O) groups excluding carboxylic acids is 2. The van der Waals surface area contributed by atoms with Crippen molar-refractivity contribution in [3.63, 3.8) is 0 Å². The fourth-order valence-corrected chi connectivity index (χ4v) is 3.57. The Morgan fingerprint density at radius 1 is 1.39 bits per heavy atom. The lowest BCUT2D eigenvalue weighted by atomic mass is 10.1. The molecular formula is C15H17N3O4S. The van der Waals surface area contributed by atoms with Crippen molar-refractivity contribution in [3.05, 3.63) is 22.2 Å². The molecule has 0 radical (unpaired) electrons. The smallest absolute Gasteiger partial charge is 0.350 e. The van der Waals surface area contributed by atoms with Gasteiger partial charge < -0.3 is 20.1 Å². The maximum Gasteiger partial charge on any atom is 0.350 e. The van der Waals surface area contributed by atoms with Crippen molar-refractivity contribution >= 4 is 39.1 Å². The highest BCUT2D eigenvalue weighted by atomic mass is 32.1. The van der Waals surface area contributed by atoms with Crippen LogP contribution in [0.3, 0.4) is 0 Å². The Hall–Kier alpha value is -2.19. The summed E-state index contributed by atoms with van der Waals surface area (Å²) in [4.78, 5) is 31.5. The number of methoxy groups -OCH3 is 1. The van der Waals surface area contributed by atoms with Gasteiger partial charge in [-0.1, -0.05) is 0 Å². The molecule has 0 atom stereocenters. The van der Waals surface area contributed by atoms with Crippen molar-refractivity contribution in [3.8, 4) is 0 Å². The Kier molecular flexibility index (Phi) is 4.18. The molecule has 0 aliphatic carbocycles. The molecule has 0 bridgehead atoms. The molecule has 7 nitrogen and oxygen atoms in total. The van der Waals surface area contributed by atoms with E-state index in [9.17, 15) is 9.59 Å². The first-order valence-corrected chi connectivity index (χ1v) is 7.99. The average Bonchev–Trinajstić information content (AvgIpc) is 2.89. The summed E-state index contributed by atoms with van der Waals surface area (Å²) in [6.45, 7) is 3.97. The number of amides is 1. The molecule has 3 heterocycles. The van der Waals surface area contributed by atoms with Gasteiger partial charge in [0.2, 0.25) is 0 Å². The number of hydrogen-bond donors (Lipinski definition) is 1. The second-order valence-corrected chi connectivity index (χ2v) is 6.21. The minimum absolute atomic E-state index is 0.0922. The molecule has 1 aliphatic heterocycles. The van der Waals surface area contributed by atoms with Crippen LogP contribution in [0.1, 0.15) is 25.7 Å². The number of anilines is 1. The summed E-state index contributed by atoms with van der Waals surface area (Å²) >= 11 is 1.17. The number of nitrogen functional groups attached to an aromatic ring is 1. The van der Waals surface area contributed by atoms with Crippen LogP contribution in [0, 0.1) is 6.92 Å². The molecule has 1 amide bonds. The van der Waals surface area contributed by atoms with E-state index in [4.69, 9.17) is 15.2 Å². The molecule has 1 aliphatic rings. The molecule has 0 unspecified atom stereocenters. The van der Waals surface area contributed by atoms with E-state index in [1.54, 1.807) is 17.9 Å². The zero-order valence-electron chi connectivity index (χ0n) is 12.9. The van der Waals surface area contributed by atoms with Gasteiger partial charge in [-0.05, 0) is 13.0 Å². The second-order valence-electron chi connectivity index (χ2n) is 5.22. The van der Waals surface area contributed by atoms with E-state index in [1.807, 2.05) is 0 Å². The third-order valence-corrected chi connectivity index (χ3v) is 4.91. The summed E-state index contributed by atoms with van der Waals surface area (Å²) < 4.78 is 9.99. The van der Waals surface area contributed by atoms with E-state index in [1.165, 1.54) is 18.4 Å². The highest BCUT2D eigenvalue weighted by Crippen LogP contribution is 2.34. The number of aromatic nitrogens is 1. The van der Waals surface area contributed by atoms with Crippen molar-refractivity contribution in [2.45, 2.75) is 6.92 Å². The van der Waals surface area contributed by atoms with Crippen LogP contribution in [-0.4, -0.2) is 55.2 Å². The molecule has 3 rings (SSSR count). The fourth-order valence-electron chi connectivity index (χ4n) is 2.53. The largest absolute Gasteiger partial charge is 0.465 e. The Bertz CT molecular complexity index is 781. The molecule has 2 N–H and O–H groups in total. The Morgan fingerprint density at radius 2 is 2.09 bits per heavy atom. The zero-order valence-corrected chi connectivity index (χ0v) is 13.7. The molecule has 0 spiro atoms. The number of carbonyl (C=O) groups is 2. The molecule has 122 valence electrons. The summed E-state index contributed by atoms with van der Waals surface area (Å²) in [5, 5.41) is 0.609. The number of nitrogens with two attached hydrogens (primary N) is 1. The molecule has 8 heteroatoms. The van der Waals surface area contributed by atoms with Gasteiger partial charge in [0, 0.05) is 18.5 Å². The maximum absolute atomic E-state index is 12.7. The number of morpholine rings is 1. The van der Waals surface area contributed by atoms with Crippen LogP contribution in [0.15, 0.2) is 6.07 Å². The summed E-state index contributed by atoms with van der Waals surface area (Å²) in [6.07, 6.45) is 0. The van der Waals surface area contributed by atoms with E-state index in [0.29, 0.717) is 58.3 Å². The van der Waals surface area contributed by atoms with Gasteiger partial charge in [-0.15, -0.1) is 11.3 Å². The molecule has 1 fully saturated rings. The number of rotatable bonds is 2. The first-order chi connectivity index (χ1) is 11.0. The number of esters is 1. The van der Waals surface area contributed by atoms with Gasteiger partial charge in [0.25, 0.3) is 5.91 Å². The average molecular weight is 335 g/mol. The van der Waals surface area contributed by atoms with Crippen molar-refractivity contribution in [2.75, 3.05) is 39.1 Å². The normalized spacial score (nSPS) is 15.0. The molecule has 1 saturated heterocycles. The number of nitrogens with zero attached hydrogens (tertiary/aromatic N) is 2. The van der Waals surface area contributed by atoms with Gasteiger partial charge in [-0.2, -0.15) is 0 Å². The Morgan fingerprint density at radius 3 is 2.74 bits per heavy atom. The lowest BCUT2D eigenvalue weighted by Gasteiger charge is -2.27. The first-order valence-electron chi connectivity index (χ1n) is 7.18. The molecule has 2 aromatic rings. The summed E-state index contributed by atoms with van der Waals surface area (Å²) in [5.74, 6) is -0.588. The van der Waals surface area contributed by atoms with Crippen LogP contribution >= 0.6 is 11.3 Å². The van der Waals surface area contributed by atoms with Gasteiger partial charge in [0.15, 0.2) is 0 Å². The lowest BCUT2D eigenvalue weighted by molar-refractivity contribution is 0.0302. The fraction of sp³-hybridized carbons (Fsp3) is 0.400. The third kappa shape index (κ3) is 2.75. The van der Waals surface area contributed by atoms with Gasteiger partial charge in [0.1, 0.15) is 9.71 Å². The van der Waals surface area contributed by atoms with Crippen LogP contribution in [-0.2, 0) is 9.47 Å². The zero-order chi connectivity index (χ0) is 16.6. The number of ether oxygens (including phenoxy) is 2. The number of hydrogen-bond acceptors (Lipinski definition) is 7. The minimum atomic E-state index is -0.496. The van der Waals surface area contributed by atoms with E-state index in [-0.39, 0.29) is 5.91 Å². The van der Waals surface area contributed by atoms with Crippen molar-refractivity contribution in [1.82, 2.24) is 9.88 Å². The van der Waals surface area contributed by atoms with Gasteiger partial charge in [-0.25, -0.2) is 9.78 Å². The lowest BCUT2D eigenvalue weighted by Crippen LogP contribution is -2.41. The van der Waals surface area contributed by atoms with Gasteiger partial charge in [0.05, 0.1) is 37.3 Å². The molecule has 0 saturated carbocycles.